The number of amides is 1. The number of benzene rings is 1. The zero-order chi connectivity index (χ0) is 17.1. The Bertz CT molecular complexity index is 603. The van der Waals surface area contributed by atoms with Crippen LogP contribution in [0.1, 0.15) is 30.4 Å². The van der Waals surface area contributed by atoms with Crippen molar-refractivity contribution in [3.05, 3.63) is 35.4 Å². The highest BCUT2D eigenvalue weighted by Crippen LogP contribution is 2.25. The first-order chi connectivity index (χ1) is 12.3. The van der Waals surface area contributed by atoms with Gasteiger partial charge in [-0.25, -0.2) is 0 Å². The quantitative estimate of drug-likeness (QED) is 0.821. The fraction of sp³-hybridized carbons (Fsp3) is 0.650. The van der Waals surface area contributed by atoms with Crippen molar-refractivity contribution in [3.8, 4) is 0 Å². The Balaban J connectivity index is 0.00000131. The van der Waals surface area contributed by atoms with Crippen molar-refractivity contribution < 1.29 is 9.53 Å². The Morgan fingerprint density at radius 1 is 1.11 bits per heavy atom. The van der Waals surface area contributed by atoms with Crippen LogP contribution in [0.5, 0.6) is 0 Å². The molecule has 27 heavy (non-hydrogen) atoms. The SMILES string of the molecule is Cl.Cl.O=C(CC1COCCN1)N1CCC(N2CCc3ccccc3C2)CC1. The summed E-state index contributed by atoms with van der Waals surface area (Å²) >= 11 is 0. The summed E-state index contributed by atoms with van der Waals surface area (Å²) in [5.41, 5.74) is 2.99. The van der Waals surface area contributed by atoms with Crippen LogP contribution in [0.15, 0.2) is 24.3 Å². The van der Waals surface area contributed by atoms with Gasteiger partial charge in [-0.1, -0.05) is 24.3 Å². The molecule has 2 saturated heterocycles. The van der Waals surface area contributed by atoms with E-state index >= 15 is 0 Å². The molecular formula is C20H31Cl2N3O2. The highest BCUT2D eigenvalue weighted by molar-refractivity contribution is 5.85. The van der Waals surface area contributed by atoms with Crippen molar-refractivity contribution >= 4 is 30.7 Å². The normalized spacial score (nSPS) is 23.7. The fourth-order valence-corrected chi connectivity index (χ4v) is 4.40. The highest BCUT2D eigenvalue weighted by Gasteiger charge is 2.29. The second-order valence-corrected chi connectivity index (χ2v) is 7.53. The number of hydrogen-bond acceptors (Lipinski definition) is 4. The molecule has 3 aliphatic rings. The monoisotopic (exact) mass is 415 g/mol. The summed E-state index contributed by atoms with van der Waals surface area (Å²) < 4.78 is 5.46. The lowest BCUT2D eigenvalue weighted by atomic mass is 9.95. The summed E-state index contributed by atoms with van der Waals surface area (Å²) in [5, 5.41) is 3.38. The first-order valence-electron chi connectivity index (χ1n) is 9.69. The van der Waals surface area contributed by atoms with E-state index in [9.17, 15) is 4.79 Å². The second kappa shape index (κ2) is 10.6. The molecule has 1 unspecified atom stereocenters. The van der Waals surface area contributed by atoms with Crippen LogP contribution in [-0.4, -0.2) is 67.2 Å². The molecule has 4 rings (SSSR count). The number of rotatable bonds is 3. The van der Waals surface area contributed by atoms with Gasteiger partial charge in [-0.3, -0.25) is 9.69 Å². The summed E-state index contributed by atoms with van der Waals surface area (Å²) in [6, 6.07) is 9.62. The standard InChI is InChI=1S/C20H29N3O2.2ClH/c24-20(13-18-15-25-12-8-21-18)22-10-6-19(7-11-22)23-9-5-16-3-1-2-4-17(16)14-23;;/h1-4,18-19,21H,5-15H2;2*1H. The highest BCUT2D eigenvalue weighted by atomic mass is 35.5. The Hall–Kier alpha value is -0.850. The molecule has 1 aromatic carbocycles. The number of halogens is 2. The first-order valence-corrected chi connectivity index (χ1v) is 9.69. The number of morpholine rings is 1. The molecule has 7 heteroatoms. The molecule has 1 aromatic rings. The smallest absolute Gasteiger partial charge is 0.224 e. The van der Waals surface area contributed by atoms with E-state index in [0.717, 1.165) is 58.6 Å². The Morgan fingerprint density at radius 3 is 2.56 bits per heavy atom. The summed E-state index contributed by atoms with van der Waals surface area (Å²) in [6.45, 7) is 6.29. The van der Waals surface area contributed by atoms with Gasteiger partial charge in [0.15, 0.2) is 0 Å². The van der Waals surface area contributed by atoms with Crippen molar-refractivity contribution in [2.45, 2.75) is 44.3 Å². The van der Waals surface area contributed by atoms with E-state index in [0.29, 0.717) is 19.1 Å². The zero-order valence-corrected chi connectivity index (χ0v) is 17.4. The zero-order valence-electron chi connectivity index (χ0n) is 15.8. The molecule has 1 amide bonds. The van der Waals surface area contributed by atoms with Crippen molar-refractivity contribution in [3.63, 3.8) is 0 Å². The molecule has 0 radical (unpaired) electrons. The number of fused-ring (bicyclic) bond motifs is 1. The van der Waals surface area contributed by atoms with Crippen LogP contribution in [0, 0.1) is 0 Å². The van der Waals surface area contributed by atoms with E-state index in [-0.39, 0.29) is 36.8 Å². The van der Waals surface area contributed by atoms with Gasteiger partial charge >= 0.3 is 0 Å². The third-order valence-corrected chi connectivity index (χ3v) is 5.91. The van der Waals surface area contributed by atoms with E-state index in [1.807, 2.05) is 0 Å². The Labute approximate surface area is 174 Å². The lowest BCUT2D eigenvalue weighted by Gasteiger charge is -2.41. The Morgan fingerprint density at radius 2 is 1.85 bits per heavy atom. The van der Waals surface area contributed by atoms with Crippen LogP contribution in [-0.2, 0) is 22.5 Å². The molecule has 0 spiro atoms. The predicted molar refractivity (Wildman–Crippen MR) is 112 cm³/mol. The molecule has 0 aromatic heterocycles. The van der Waals surface area contributed by atoms with Crippen molar-refractivity contribution in [2.24, 2.45) is 0 Å². The summed E-state index contributed by atoms with van der Waals surface area (Å²) in [4.78, 5) is 17.2. The van der Waals surface area contributed by atoms with Crippen molar-refractivity contribution in [2.75, 3.05) is 39.4 Å². The van der Waals surface area contributed by atoms with Gasteiger partial charge in [-0.05, 0) is 30.4 Å². The average molecular weight is 416 g/mol. The lowest BCUT2D eigenvalue weighted by Crippen LogP contribution is -2.50. The minimum absolute atomic E-state index is 0. The summed E-state index contributed by atoms with van der Waals surface area (Å²) in [7, 11) is 0. The summed E-state index contributed by atoms with van der Waals surface area (Å²) in [5.74, 6) is 0.283. The number of hydrogen-bond donors (Lipinski definition) is 1. The van der Waals surface area contributed by atoms with E-state index in [1.54, 1.807) is 0 Å². The van der Waals surface area contributed by atoms with Gasteiger partial charge in [0.1, 0.15) is 0 Å². The van der Waals surface area contributed by atoms with Crippen molar-refractivity contribution in [1.29, 1.82) is 0 Å². The third kappa shape index (κ3) is 5.58. The number of likely N-dealkylation sites (tertiary alicyclic amines) is 1. The first kappa shape index (κ1) is 22.4. The van der Waals surface area contributed by atoms with Crippen LogP contribution in [0.3, 0.4) is 0 Å². The van der Waals surface area contributed by atoms with Gasteiger partial charge in [0, 0.05) is 51.2 Å². The van der Waals surface area contributed by atoms with E-state index in [2.05, 4.69) is 39.4 Å². The van der Waals surface area contributed by atoms with E-state index in [1.165, 1.54) is 11.1 Å². The number of piperidine rings is 1. The van der Waals surface area contributed by atoms with Gasteiger partial charge in [-0.15, -0.1) is 24.8 Å². The van der Waals surface area contributed by atoms with E-state index < -0.39 is 0 Å². The number of carbonyl (C=O) groups excluding carboxylic acids is 1. The van der Waals surface area contributed by atoms with E-state index in [4.69, 9.17) is 4.74 Å². The number of ether oxygens (including phenoxy) is 1. The maximum Gasteiger partial charge on any atom is 0.224 e. The van der Waals surface area contributed by atoms with Gasteiger partial charge in [-0.2, -0.15) is 0 Å². The number of nitrogens with one attached hydrogen (secondary N) is 1. The maximum atomic E-state index is 12.5. The molecule has 2 fully saturated rings. The topological polar surface area (TPSA) is 44.8 Å². The van der Waals surface area contributed by atoms with Gasteiger partial charge in [0.25, 0.3) is 0 Å². The Kier molecular flexibility index (Phi) is 8.83. The molecule has 1 atom stereocenters. The van der Waals surface area contributed by atoms with Gasteiger partial charge < -0.3 is 15.0 Å². The second-order valence-electron chi connectivity index (χ2n) is 7.53. The number of carbonyl (C=O) groups is 1. The lowest BCUT2D eigenvalue weighted by molar-refractivity contribution is -0.134. The molecule has 0 aliphatic carbocycles. The average Bonchev–Trinajstić information content (AvgIpc) is 2.68. The molecule has 0 bridgehead atoms. The molecule has 3 aliphatic heterocycles. The predicted octanol–water partition coefficient (Wildman–Crippen LogP) is 2.26. The summed E-state index contributed by atoms with van der Waals surface area (Å²) in [6.07, 6.45) is 3.93. The fourth-order valence-electron chi connectivity index (χ4n) is 4.40. The van der Waals surface area contributed by atoms with Crippen LogP contribution in [0.25, 0.3) is 0 Å². The minimum atomic E-state index is 0. The maximum absolute atomic E-state index is 12.5. The van der Waals surface area contributed by atoms with Crippen molar-refractivity contribution in [1.82, 2.24) is 15.1 Å². The van der Waals surface area contributed by atoms with Crippen LogP contribution < -0.4 is 5.32 Å². The molecule has 1 N–H and O–H groups in total. The largest absolute Gasteiger partial charge is 0.378 e. The van der Waals surface area contributed by atoms with Gasteiger partial charge in [0.05, 0.1) is 13.2 Å². The van der Waals surface area contributed by atoms with Crippen LogP contribution in [0.2, 0.25) is 0 Å². The molecular weight excluding hydrogens is 385 g/mol. The van der Waals surface area contributed by atoms with Gasteiger partial charge in [0.2, 0.25) is 5.91 Å². The minimum Gasteiger partial charge on any atom is -0.378 e. The third-order valence-electron chi connectivity index (χ3n) is 5.91. The number of nitrogens with zero attached hydrogens (tertiary/aromatic N) is 2. The molecule has 152 valence electrons. The molecule has 0 saturated carbocycles. The van der Waals surface area contributed by atoms with Crippen LogP contribution >= 0.6 is 24.8 Å². The molecule has 3 heterocycles. The van der Waals surface area contributed by atoms with Crippen LogP contribution in [0.4, 0.5) is 0 Å². The molecule has 5 nitrogen and oxygen atoms in total.